The number of piperidine rings is 1. The molecule has 0 radical (unpaired) electrons. The van der Waals surface area contributed by atoms with Crippen LogP contribution in [0.2, 0.25) is 0 Å². The van der Waals surface area contributed by atoms with Gasteiger partial charge in [0, 0.05) is 37.8 Å². The number of aryl methyl sites for hydroxylation is 1. The number of ketones is 1. The molecule has 30 heavy (non-hydrogen) atoms. The molecule has 2 aromatic heterocycles. The number of nitrogens with one attached hydrogen (secondary N) is 1. The van der Waals surface area contributed by atoms with Crippen molar-refractivity contribution >= 4 is 28.2 Å². The number of hydrogen-bond acceptors (Lipinski definition) is 6. The molecular formula is C22H25N5O2S. The first-order valence-corrected chi connectivity index (χ1v) is 10.9. The normalized spacial score (nSPS) is 15.3. The van der Waals surface area contributed by atoms with Crippen LogP contribution in [0.5, 0.6) is 0 Å². The van der Waals surface area contributed by atoms with Gasteiger partial charge < -0.3 is 9.88 Å². The number of hydrogen-bond donors (Lipinski definition) is 1. The van der Waals surface area contributed by atoms with Crippen molar-refractivity contribution in [3.8, 4) is 11.3 Å². The molecule has 0 atom stereocenters. The number of carbonyl (C=O) groups excluding carboxylic acids is 2. The van der Waals surface area contributed by atoms with Crippen LogP contribution in [0.4, 0.5) is 5.13 Å². The van der Waals surface area contributed by atoms with Crippen LogP contribution in [0.3, 0.4) is 0 Å². The number of thiazole rings is 1. The number of Topliss-reactive ketones (excluding diaryl/α,β-unsaturated/α-hetero) is 1. The predicted molar refractivity (Wildman–Crippen MR) is 117 cm³/mol. The molecule has 0 bridgehead atoms. The van der Waals surface area contributed by atoms with E-state index < -0.39 is 0 Å². The zero-order chi connectivity index (χ0) is 21.1. The first-order chi connectivity index (χ1) is 14.5. The number of rotatable bonds is 6. The zero-order valence-electron chi connectivity index (χ0n) is 17.2. The fraction of sp³-hybridized carbons (Fsp3) is 0.364. The number of likely N-dealkylation sites (tertiary alicyclic amines) is 1. The standard InChI is InChI=1S/C22H25N5O2S/c1-15(28)20-19(16-6-4-3-5-7-16)24-22(30-20)25-21(29)17-8-11-27(12-9-17)14-18-23-10-13-26(18)2/h3-7,10,13,17H,8-9,11-12,14H2,1-2H3,(H,24,25,29). The fourth-order valence-electron chi connectivity index (χ4n) is 3.71. The molecule has 1 N–H and O–H groups in total. The van der Waals surface area contributed by atoms with Crippen molar-refractivity contribution in [3.05, 3.63) is 53.4 Å². The van der Waals surface area contributed by atoms with Gasteiger partial charge in [0.05, 0.1) is 17.1 Å². The average molecular weight is 424 g/mol. The van der Waals surface area contributed by atoms with E-state index in [1.54, 1.807) is 0 Å². The molecule has 4 rings (SSSR count). The maximum absolute atomic E-state index is 12.8. The lowest BCUT2D eigenvalue weighted by Crippen LogP contribution is -2.38. The minimum absolute atomic E-state index is 0.0184. The van der Waals surface area contributed by atoms with Gasteiger partial charge in [0.25, 0.3) is 0 Å². The third-order valence-corrected chi connectivity index (χ3v) is 6.54. The Balaban J connectivity index is 1.39. The van der Waals surface area contributed by atoms with E-state index in [9.17, 15) is 9.59 Å². The quantitative estimate of drug-likeness (QED) is 0.613. The molecular weight excluding hydrogens is 398 g/mol. The van der Waals surface area contributed by atoms with Crippen LogP contribution in [0.15, 0.2) is 42.7 Å². The maximum atomic E-state index is 12.8. The second kappa shape index (κ2) is 8.89. The van der Waals surface area contributed by atoms with E-state index in [-0.39, 0.29) is 17.6 Å². The van der Waals surface area contributed by atoms with Gasteiger partial charge in [0.2, 0.25) is 5.91 Å². The summed E-state index contributed by atoms with van der Waals surface area (Å²) in [5.74, 6) is 0.919. The van der Waals surface area contributed by atoms with Gasteiger partial charge in [-0.3, -0.25) is 14.5 Å². The van der Waals surface area contributed by atoms with Gasteiger partial charge in [-0.05, 0) is 25.9 Å². The van der Waals surface area contributed by atoms with Gasteiger partial charge in [0.15, 0.2) is 10.9 Å². The third kappa shape index (κ3) is 4.49. The number of nitrogens with zero attached hydrogens (tertiary/aromatic N) is 4. The van der Waals surface area contributed by atoms with Crippen molar-refractivity contribution in [3.63, 3.8) is 0 Å². The van der Waals surface area contributed by atoms with Crippen LogP contribution in [-0.4, -0.2) is 44.2 Å². The summed E-state index contributed by atoms with van der Waals surface area (Å²) in [7, 11) is 2.00. The van der Waals surface area contributed by atoms with Crippen molar-refractivity contribution in [1.29, 1.82) is 0 Å². The van der Waals surface area contributed by atoms with Crippen LogP contribution in [0.25, 0.3) is 11.3 Å². The molecule has 0 aliphatic carbocycles. The molecule has 156 valence electrons. The molecule has 0 saturated carbocycles. The van der Waals surface area contributed by atoms with E-state index in [0.29, 0.717) is 15.7 Å². The number of carbonyl (C=O) groups is 2. The Kier molecular flexibility index (Phi) is 6.06. The first-order valence-electron chi connectivity index (χ1n) is 10.1. The highest BCUT2D eigenvalue weighted by Crippen LogP contribution is 2.32. The van der Waals surface area contributed by atoms with E-state index >= 15 is 0 Å². The minimum atomic E-state index is -0.0486. The van der Waals surface area contributed by atoms with Crippen LogP contribution in [0, 0.1) is 5.92 Å². The van der Waals surface area contributed by atoms with E-state index in [1.165, 1.54) is 18.3 Å². The smallest absolute Gasteiger partial charge is 0.229 e. The summed E-state index contributed by atoms with van der Waals surface area (Å²) >= 11 is 1.25. The Bertz CT molecular complexity index is 1030. The molecule has 1 aliphatic rings. The number of anilines is 1. The van der Waals surface area contributed by atoms with Gasteiger partial charge >= 0.3 is 0 Å². The lowest BCUT2D eigenvalue weighted by atomic mass is 9.96. The molecule has 3 heterocycles. The summed E-state index contributed by atoms with van der Waals surface area (Å²) in [6.45, 7) is 4.04. The van der Waals surface area contributed by atoms with Crippen molar-refractivity contribution in [1.82, 2.24) is 19.4 Å². The second-order valence-corrected chi connectivity index (χ2v) is 8.61. The zero-order valence-corrected chi connectivity index (χ0v) is 18.0. The minimum Gasteiger partial charge on any atom is -0.337 e. The Labute approximate surface area is 179 Å². The number of imidazole rings is 1. The summed E-state index contributed by atoms with van der Waals surface area (Å²) in [5, 5.41) is 3.43. The van der Waals surface area contributed by atoms with Crippen LogP contribution >= 0.6 is 11.3 Å². The fourth-order valence-corrected chi connectivity index (χ4v) is 4.60. The van der Waals surface area contributed by atoms with E-state index in [0.717, 1.165) is 43.9 Å². The predicted octanol–water partition coefficient (Wildman–Crippen LogP) is 3.60. The van der Waals surface area contributed by atoms with Crippen molar-refractivity contribution in [2.75, 3.05) is 18.4 Å². The summed E-state index contributed by atoms with van der Waals surface area (Å²) in [4.78, 5) is 36.7. The van der Waals surface area contributed by atoms with Crippen LogP contribution < -0.4 is 5.32 Å². The molecule has 1 fully saturated rings. The molecule has 1 aliphatic heterocycles. The molecule has 1 aromatic carbocycles. The monoisotopic (exact) mass is 423 g/mol. The van der Waals surface area contributed by atoms with Crippen LogP contribution in [-0.2, 0) is 18.4 Å². The Morgan fingerprint density at radius 3 is 2.57 bits per heavy atom. The summed E-state index contributed by atoms with van der Waals surface area (Å²) < 4.78 is 2.03. The average Bonchev–Trinajstić information content (AvgIpc) is 3.36. The van der Waals surface area contributed by atoms with E-state index in [1.807, 2.05) is 54.3 Å². The Morgan fingerprint density at radius 2 is 1.93 bits per heavy atom. The summed E-state index contributed by atoms with van der Waals surface area (Å²) in [6.07, 6.45) is 5.35. The maximum Gasteiger partial charge on any atom is 0.229 e. The van der Waals surface area contributed by atoms with E-state index in [2.05, 4.69) is 20.2 Å². The summed E-state index contributed by atoms with van der Waals surface area (Å²) in [6, 6.07) is 9.59. The van der Waals surface area contributed by atoms with E-state index in [4.69, 9.17) is 0 Å². The highest BCUT2D eigenvalue weighted by Gasteiger charge is 2.27. The van der Waals surface area contributed by atoms with Crippen molar-refractivity contribution < 1.29 is 9.59 Å². The molecule has 0 spiro atoms. The SMILES string of the molecule is CC(=O)c1sc(NC(=O)C2CCN(Cc3nccn3C)CC2)nc1-c1ccccc1. The largest absolute Gasteiger partial charge is 0.337 e. The van der Waals surface area contributed by atoms with Crippen molar-refractivity contribution in [2.24, 2.45) is 13.0 Å². The topological polar surface area (TPSA) is 80.1 Å². The van der Waals surface area contributed by atoms with Gasteiger partial charge in [0.1, 0.15) is 5.82 Å². The third-order valence-electron chi connectivity index (χ3n) is 5.47. The molecule has 1 saturated heterocycles. The molecule has 3 aromatic rings. The highest BCUT2D eigenvalue weighted by molar-refractivity contribution is 7.18. The lowest BCUT2D eigenvalue weighted by molar-refractivity contribution is -0.121. The first kappa shape index (κ1) is 20.4. The molecule has 7 nitrogen and oxygen atoms in total. The van der Waals surface area contributed by atoms with Gasteiger partial charge in [-0.2, -0.15) is 0 Å². The highest BCUT2D eigenvalue weighted by atomic mass is 32.1. The van der Waals surface area contributed by atoms with Gasteiger partial charge in [-0.1, -0.05) is 41.7 Å². The molecule has 1 amide bonds. The molecule has 8 heteroatoms. The van der Waals surface area contributed by atoms with Crippen LogP contribution in [0.1, 0.15) is 35.3 Å². The van der Waals surface area contributed by atoms with Gasteiger partial charge in [-0.25, -0.2) is 9.97 Å². The number of benzene rings is 1. The number of aromatic nitrogens is 3. The molecule has 0 unspecified atom stereocenters. The van der Waals surface area contributed by atoms with Gasteiger partial charge in [-0.15, -0.1) is 0 Å². The lowest BCUT2D eigenvalue weighted by Gasteiger charge is -2.30. The Morgan fingerprint density at radius 1 is 1.20 bits per heavy atom. The second-order valence-electron chi connectivity index (χ2n) is 7.61. The Hall–Kier alpha value is -2.84. The summed E-state index contributed by atoms with van der Waals surface area (Å²) in [5.41, 5.74) is 1.51. The number of amides is 1. The van der Waals surface area contributed by atoms with Crippen molar-refractivity contribution in [2.45, 2.75) is 26.3 Å².